The molecule has 4 rings (SSSR count). The molecule has 2 aromatic heterocycles. The highest BCUT2D eigenvalue weighted by atomic mass is 32.2. The number of hydrogen-bond acceptors (Lipinski definition) is 5. The van der Waals surface area contributed by atoms with Crippen LogP contribution in [-0.2, 0) is 11.3 Å². The molecule has 1 aliphatic heterocycles. The molecule has 1 aromatic carbocycles. The van der Waals surface area contributed by atoms with E-state index in [4.69, 9.17) is 0 Å². The van der Waals surface area contributed by atoms with Crippen molar-refractivity contribution < 1.29 is 9.59 Å². The highest BCUT2D eigenvalue weighted by Crippen LogP contribution is 2.23. The number of rotatable bonds is 5. The van der Waals surface area contributed by atoms with Crippen LogP contribution in [-0.4, -0.2) is 49.2 Å². The number of nitrogens with one attached hydrogen (secondary N) is 1. The van der Waals surface area contributed by atoms with E-state index < -0.39 is 6.04 Å². The molecule has 3 heterocycles. The van der Waals surface area contributed by atoms with Crippen LogP contribution in [0.25, 0.3) is 5.82 Å². The average Bonchev–Trinajstić information content (AvgIpc) is 3.38. The molecule has 1 aliphatic rings. The Bertz CT molecular complexity index is 1050. The minimum atomic E-state index is -0.484. The summed E-state index contributed by atoms with van der Waals surface area (Å²) >= 11 is 1.58. The molecular weight excluding hydrogens is 398 g/mol. The van der Waals surface area contributed by atoms with Crippen LogP contribution in [0.1, 0.15) is 27.3 Å². The van der Waals surface area contributed by atoms with Gasteiger partial charge in [0.15, 0.2) is 5.82 Å². The van der Waals surface area contributed by atoms with Crippen LogP contribution in [0.3, 0.4) is 0 Å². The molecule has 154 valence electrons. The number of benzene rings is 1. The van der Waals surface area contributed by atoms with Crippen LogP contribution in [0.5, 0.6) is 0 Å². The first kappa shape index (κ1) is 20.2. The Morgan fingerprint density at radius 1 is 1.17 bits per heavy atom. The predicted molar refractivity (Wildman–Crippen MR) is 116 cm³/mol. The summed E-state index contributed by atoms with van der Waals surface area (Å²) in [5, 5.41) is 7.36. The molecule has 0 saturated carbocycles. The molecule has 1 atom stereocenters. The third kappa shape index (κ3) is 4.23. The van der Waals surface area contributed by atoms with Crippen LogP contribution in [0, 0.1) is 13.8 Å². The lowest BCUT2D eigenvalue weighted by molar-refractivity contribution is -0.124. The lowest BCUT2D eigenvalue weighted by Gasteiger charge is -2.23. The first-order chi connectivity index (χ1) is 14.5. The van der Waals surface area contributed by atoms with E-state index in [1.54, 1.807) is 39.7 Å². The summed E-state index contributed by atoms with van der Waals surface area (Å²) in [6.45, 7) is 4.33. The van der Waals surface area contributed by atoms with Gasteiger partial charge in [-0.05, 0) is 37.6 Å². The van der Waals surface area contributed by atoms with Crippen LogP contribution in [0.4, 0.5) is 0 Å². The zero-order chi connectivity index (χ0) is 21.1. The Morgan fingerprint density at radius 2 is 1.97 bits per heavy atom. The number of amides is 2. The van der Waals surface area contributed by atoms with Gasteiger partial charge in [0.05, 0.1) is 17.1 Å². The van der Waals surface area contributed by atoms with Gasteiger partial charge in [0.1, 0.15) is 6.04 Å². The number of aryl methyl sites for hydroxylation is 2. The highest BCUT2D eigenvalue weighted by Gasteiger charge is 2.35. The molecule has 0 spiro atoms. The van der Waals surface area contributed by atoms with Gasteiger partial charge in [0, 0.05) is 24.2 Å². The van der Waals surface area contributed by atoms with Gasteiger partial charge in [-0.1, -0.05) is 30.3 Å². The van der Waals surface area contributed by atoms with Gasteiger partial charge in [0.2, 0.25) is 5.91 Å². The molecule has 0 aliphatic carbocycles. The molecule has 0 unspecified atom stereocenters. The maximum Gasteiger partial charge on any atom is 0.256 e. The fourth-order valence-corrected chi connectivity index (χ4v) is 4.58. The van der Waals surface area contributed by atoms with E-state index in [9.17, 15) is 9.59 Å². The van der Waals surface area contributed by atoms with E-state index in [1.807, 2.05) is 50.2 Å². The Morgan fingerprint density at radius 3 is 2.63 bits per heavy atom. The molecule has 0 radical (unpaired) electrons. The Kier molecular flexibility index (Phi) is 5.85. The van der Waals surface area contributed by atoms with Crippen molar-refractivity contribution in [1.29, 1.82) is 0 Å². The minimum Gasteiger partial charge on any atom is -0.350 e. The maximum atomic E-state index is 13.0. The van der Waals surface area contributed by atoms with E-state index in [0.717, 1.165) is 17.0 Å². The Balaban J connectivity index is 1.44. The average molecular weight is 422 g/mol. The van der Waals surface area contributed by atoms with Crippen molar-refractivity contribution in [3.05, 3.63) is 77.2 Å². The zero-order valence-electron chi connectivity index (χ0n) is 16.9. The van der Waals surface area contributed by atoms with Crippen LogP contribution >= 0.6 is 11.8 Å². The Labute approximate surface area is 179 Å². The smallest absolute Gasteiger partial charge is 0.256 e. The fourth-order valence-electron chi connectivity index (χ4n) is 3.43. The quantitative estimate of drug-likeness (QED) is 0.685. The van der Waals surface area contributed by atoms with Gasteiger partial charge in [-0.2, -0.15) is 5.10 Å². The van der Waals surface area contributed by atoms with Gasteiger partial charge in [0.25, 0.3) is 5.91 Å². The highest BCUT2D eigenvalue weighted by molar-refractivity contribution is 7.99. The summed E-state index contributed by atoms with van der Waals surface area (Å²) in [4.78, 5) is 31.7. The van der Waals surface area contributed by atoms with Gasteiger partial charge in [-0.15, -0.1) is 11.8 Å². The second kappa shape index (κ2) is 8.71. The number of carbonyl (C=O) groups excluding carboxylic acids is 2. The maximum absolute atomic E-state index is 13.0. The molecule has 1 fully saturated rings. The molecule has 0 bridgehead atoms. The van der Waals surface area contributed by atoms with Crippen molar-refractivity contribution in [3.8, 4) is 5.82 Å². The standard InChI is InChI=1S/C22H23N5O2S/c1-15-10-16(2)27(25-15)20-9-8-18(12-23-20)22(29)26-14-30-13-19(26)21(28)24-11-17-6-4-3-5-7-17/h3-10,12,19H,11,13-14H2,1-2H3,(H,24,28)/t19-/m1/s1. The third-order valence-electron chi connectivity index (χ3n) is 4.98. The topological polar surface area (TPSA) is 80.1 Å². The van der Waals surface area contributed by atoms with E-state index in [0.29, 0.717) is 29.6 Å². The molecular formula is C22H23N5O2S. The summed E-state index contributed by atoms with van der Waals surface area (Å²) in [7, 11) is 0. The van der Waals surface area contributed by atoms with Gasteiger partial charge >= 0.3 is 0 Å². The first-order valence-corrected chi connectivity index (χ1v) is 10.9. The molecule has 3 aromatic rings. The predicted octanol–water partition coefficient (Wildman–Crippen LogP) is 2.72. The molecule has 30 heavy (non-hydrogen) atoms. The van der Waals surface area contributed by atoms with E-state index in [1.165, 1.54) is 0 Å². The van der Waals surface area contributed by atoms with E-state index in [-0.39, 0.29) is 11.8 Å². The van der Waals surface area contributed by atoms with Crippen LogP contribution in [0.2, 0.25) is 0 Å². The summed E-state index contributed by atoms with van der Waals surface area (Å²) in [5.74, 6) is 1.41. The second-order valence-corrected chi connectivity index (χ2v) is 8.24. The third-order valence-corrected chi connectivity index (χ3v) is 5.99. The summed E-state index contributed by atoms with van der Waals surface area (Å²) in [5.41, 5.74) is 3.38. The van der Waals surface area contributed by atoms with Crippen LogP contribution < -0.4 is 5.32 Å². The zero-order valence-corrected chi connectivity index (χ0v) is 17.7. The minimum absolute atomic E-state index is 0.135. The monoisotopic (exact) mass is 421 g/mol. The first-order valence-electron chi connectivity index (χ1n) is 9.73. The molecule has 1 saturated heterocycles. The summed E-state index contributed by atoms with van der Waals surface area (Å²) in [6, 6.07) is 14.7. The summed E-state index contributed by atoms with van der Waals surface area (Å²) < 4.78 is 1.75. The van der Waals surface area contributed by atoms with E-state index in [2.05, 4.69) is 15.4 Å². The van der Waals surface area contributed by atoms with Crippen molar-refractivity contribution in [2.24, 2.45) is 0 Å². The number of aromatic nitrogens is 3. The van der Waals surface area contributed by atoms with Crippen molar-refractivity contribution in [2.45, 2.75) is 26.4 Å². The lowest BCUT2D eigenvalue weighted by atomic mass is 10.2. The van der Waals surface area contributed by atoms with E-state index >= 15 is 0 Å². The molecule has 8 heteroatoms. The fraction of sp³-hybridized carbons (Fsp3) is 0.273. The largest absolute Gasteiger partial charge is 0.350 e. The van der Waals surface area contributed by atoms with Crippen molar-refractivity contribution in [1.82, 2.24) is 25.0 Å². The SMILES string of the molecule is Cc1cc(C)n(-c2ccc(C(=O)N3CSC[C@@H]3C(=O)NCc3ccccc3)cn2)n1. The van der Waals surface area contributed by atoms with Crippen molar-refractivity contribution >= 4 is 23.6 Å². The lowest BCUT2D eigenvalue weighted by Crippen LogP contribution is -2.47. The summed E-state index contributed by atoms with van der Waals surface area (Å²) in [6.07, 6.45) is 1.55. The number of thioether (sulfide) groups is 1. The molecule has 1 N–H and O–H groups in total. The molecule has 7 nitrogen and oxygen atoms in total. The van der Waals surface area contributed by atoms with Gasteiger partial charge in [-0.3, -0.25) is 9.59 Å². The number of nitrogens with zero attached hydrogens (tertiary/aromatic N) is 4. The normalized spacial score (nSPS) is 15.9. The number of pyridine rings is 1. The number of carbonyl (C=O) groups is 2. The van der Waals surface area contributed by atoms with Crippen molar-refractivity contribution in [2.75, 3.05) is 11.6 Å². The van der Waals surface area contributed by atoms with Gasteiger partial charge in [-0.25, -0.2) is 9.67 Å². The Hall–Kier alpha value is -3.13. The number of hydrogen-bond donors (Lipinski definition) is 1. The van der Waals surface area contributed by atoms with Crippen LogP contribution in [0.15, 0.2) is 54.7 Å². The van der Waals surface area contributed by atoms with Gasteiger partial charge < -0.3 is 10.2 Å². The second-order valence-electron chi connectivity index (χ2n) is 7.24. The molecule has 2 amide bonds. The van der Waals surface area contributed by atoms with Crippen molar-refractivity contribution in [3.63, 3.8) is 0 Å².